The lowest BCUT2D eigenvalue weighted by molar-refractivity contribution is -0.137. The van der Waals surface area contributed by atoms with E-state index in [1.165, 1.54) is 122 Å². The smallest absolute Gasteiger partial charge is 0.303 e. The Morgan fingerprint density at radius 2 is 0.704 bits per heavy atom. The number of hydrogen-bond acceptors (Lipinski definition) is 1. The predicted octanol–water partition coefficient (Wildman–Crippen LogP) is 8.79. The second-order valence-corrected chi connectivity index (χ2v) is 8.21. The Labute approximate surface area is 177 Å². The van der Waals surface area contributed by atoms with Gasteiger partial charge in [-0.3, -0.25) is 4.79 Å². The van der Waals surface area contributed by atoms with Crippen molar-refractivity contribution in [3.63, 3.8) is 0 Å². The van der Waals surface area contributed by atoms with Crippen LogP contribution in [0.1, 0.15) is 148 Å². The Kier molecular flexibility index (Phi) is 27.8. The van der Waals surface area contributed by atoms with Gasteiger partial charge < -0.3 is 5.11 Å². The van der Waals surface area contributed by atoms with Crippen LogP contribution in [-0.2, 0) is 4.79 Å². The maximum atomic E-state index is 10.4. The molecule has 0 rings (SSSR count). The van der Waals surface area contributed by atoms with E-state index in [1.54, 1.807) is 0 Å². The number of carbonyl (C=O) groups is 1. The lowest BCUT2D eigenvalue weighted by Gasteiger charge is -2.04. The van der Waals surface area contributed by atoms with Gasteiger partial charge in [-0.15, -0.1) is 0 Å². The molecule has 27 heavy (non-hydrogen) atoms. The van der Waals surface area contributed by atoms with Crippen molar-refractivity contribution >= 4 is 19.5 Å². The first-order valence-corrected chi connectivity index (χ1v) is 12.0. The molecule has 2 nitrogen and oxygen atoms in total. The minimum atomic E-state index is -0.650. The van der Waals surface area contributed by atoms with E-state index in [1.807, 2.05) is 0 Å². The van der Waals surface area contributed by atoms with Gasteiger partial charge >= 0.3 is 5.97 Å². The fourth-order valence-corrected chi connectivity index (χ4v) is 3.71. The average Bonchev–Trinajstić information content (AvgIpc) is 2.62. The molecule has 0 saturated heterocycles. The normalized spacial score (nSPS) is 10.7. The molecule has 0 spiro atoms. The van der Waals surface area contributed by atoms with Gasteiger partial charge in [0.05, 0.1) is 0 Å². The van der Waals surface area contributed by atoms with Crippen molar-refractivity contribution in [2.45, 2.75) is 148 Å². The zero-order chi connectivity index (χ0) is 19.1. The quantitative estimate of drug-likeness (QED) is 0.184. The molecule has 0 aliphatic rings. The van der Waals surface area contributed by atoms with Crippen LogP contribution in [0.3, 0.4) is 0 Å². The first kappa shape index (κ1) is 29.0. The standard InChI is InChI=1S/C24H48O2.H2S/c1-2-3-4-5-6-7-8-9-10-11-12-13-14-15-16-17-18-19-20-21-22-23-24(25)26;/h2-23H2,1H3,(H,25,26);1H2. The number of unbranched alkanes of at least 4 members (excludes halogenated alkanes) is 20. The van der Waals surface area contributed by atoms with Crippen molar-refractivity contribution in [2.75, 3.05) is 0 Å². The highest BCUT2D eigenvalue weighted by Crippen LogP contribution is 2.15. The van der Waals surface area contributed by atoms with E-state index in [4.69, 9.17) is 5.11 Å². The molecule has 0 aliphatic carbocycles. The van der Waals surface area contributed by atoms with Crippen LogP contribution in [0.2, 0.25) is 0 Å². The Morgan fingerprint density at radius 1 is 0.481 bits per heavy atom. The Hall–Kier alpha value is -0.180. The molecule has 0 bridgehead atoms. The molecule has 0 aromatic carbocycles. The average molecular weight is 403 g/mol. The third-order valence-electron chi connectivity index (χ3n) is 5.49. The molecule has 0 aromatic rings. The summed E-state index contributed by atoms with van der Waals surface area (Å²) in [5.41, 5.74) is 0. The second kappa shape index (κ2) is 25.8. The van der Waals surface area contributed by atoms with Gasteiger partial charge in [-0.05, 0) is 6.42 Å². The molecule has 0 fully saturated rings. The molecule has 0 amide bonds. The van der Waals surface area contributed by atoms with Crippen LogP contribution >= 0.6 is 13.5 Å². The van der Waals surface area contributed by atoms with Crippen molar-refractivity contribution < 1.29 is 9.90 Å². The van der Waals surface area contributed by atoms with Crippen molar-refractivity contribution in [2.24, 2.45) is 0 Å². The molecular weight excluding hydrogens is 352 g/mol. The predicted molar refractivity (Wildman–Crippen MR) is 125 cm³/mol. The van der Waals surface area contributed by atoms with Crippen LogP contribution in [0.5, 0.6) is 0 Å². The highest BCUT2D eigenvalue weighted by molar-refractivity contribution is 7.59. The van der Waals surface area contributed by atoms with E-state index in [9.17, 15) is 4.79 Å². The summed E-state index contributed by atoms with van der Waals surface area (Å²) >= 11 is 0. The summed E-state index contributed by atoms with van der Waals surface area (Å²) < 4.78 is 0. The summed E-state index contributed by atoms with van der Waals surface area (Å²) in [7, 11) is 0. The molecule has 1 N–H and O–H groups in total. The van der Waals surface area contributed by atoms with E-state index in [0.29, 0.717) is 6.42 Å². The number of rotatable bonds is 22. The summed E-state index contributed by atoms with van der Waals surface area (Å²) in [6.45, 7) is 2.29. The highest BCUT2D eigenvalue weighted by atomic mass is 32.1. The molecule has 0 unspecified atom stereocenters. The third-order valence-corrected chi connectivity index (χ3v) is 5.49. The molecule has 164 valence electrons. The van der Waals surface area contributed by atoms with Crippen LogP contribution in [-0.4, -0.2) is 11.1 Å². The summed E-state index contributed by atoms with van der Waals surface area (Å²) in [4.78, 5) is 10.4. The minimum Gasteiger partial charge on any atom is -0.481 e. The summed E-state index contributed by atoms with van der Waals surface area (Å²) in [6, 6.07) is 0. The molecule has 0 aliphatic heterocycles. The maximum Gasteiger partial charge on any atom is 0.303 e. The molecule has 0 aromatic heterocycles. The van der Waals surface area contributed by atoms with Crippen LogP contribution in [0.25, 0.3) is 0 Å². The number of carboxylic acids is 1. The van der Waals surface area contributed by atoms with E-state index in [0.717, 1.165) is 12.8 Å². The largest absolute Gasteiger partial charge is 0.481 e. The van der Waals surface area contributed by atoms with E-state index < -0.39 is 5.97 Å². The van der Waals surface area contributed by atoms with E-state index in [2.05, 4.69) is 6.92 Å². The number of aliphatic carboxylic acids is 1. The first-order chi connectivity index (χ1) is 12.8. The Morgan fingerprint density at radius 3 is 0.926 bits per heavy atom. The zero-order valence-electron chi connectivity index (χ0n) is 18.4. The number of hydrogen-bond donors (Lipinski definition) is 1. The summed E-state index contributed by atoms with van der Waals surface area (Å²) in [6.07, 6.45) is 29.1. The second-order valence-electron chi connectivity index (χ2n) is 8.21. The topological polar surface area (TPSA) is 37.3 Å². The minimum absolute atomic E-state index is 0. The Bertz CT molecular complexity index is 282. The lowest BCUT2D eigenvalue weighted by atomic mass is 10.0. The van der Waals surface area contributed by atoms with Crippen LogP contribution in [0, 0.1) is 0 Å². The molecule has 3 heteroatoms. The van der Waals surface area contributed by atoms with Crippen LogP contribution in [0.15, 0.2) is 0 Å². The van der Waals surface area contributed by atoms with E-state index in [-0.39, 0.29) is 13.5 Å². The third kappa shape index (κ3) is 28.1. The van der Waals surface area contributed by atoms with Gasteiger partial charge in [0, 0.05) is 6.42 Å². The first-order valence-electron chi connectivity index (χ1n) is 12.0. The molecule has 0 saturated carbocycles. The van der Waals surface area contributed by atoms with Crippen molar-refractivity contribution in [1.29, 1.82) is 0 Å². The van der Waals surface area contributed by atoms with Gasteiger partial charge in [0.2, 0.25) is 0 Å². The van der Waals surface area contributed by atoms with Crippen LogP contribution < -0.4 is 0 Å². The lowest BCUT2D eigenvalue weighted by Crippen LogP contribution is -1.93. The van der Waals surface area contributed by atoms with Gasteiger partial charge in [-0.25, -0.2) is 0 Å². The van der Waals surface area contributed by atoms with Gasteiger partial charge in [-0.2, -0.15) is 13.5 Å². The molecule has 0 atom stereocenters. The van der Waals surface area contributed by atoms with Crippen LogP contribution in [0.4, 0.5) is 0 Å². The van der Waals surface area contributed by atoms with Gasteiger partial charge in [0.25, 0.3) is 0 Å². The molecular formula is C24H50O2S. The monoisotopic (exact) mass is 402 g/mol. The van der Waals surface area contributed by atoms with Gasteiger partial charge in [0.15, 0.2) is 0 Å². The van der Waals surface area contributed by atoms with Crippen molar-refractivity contribution in [1.82, 2.24) is 0 Å². The van der Waals surface area contributed by atoms with E-state index >= 15 is 0 Å². The maximum absolute atomic E-state index is 10.4. The van der Waals surface area contributed by atoms with Crippen molar-refractivity contribution in [3.8, 4) is 0 Å². The summed E-state index contributed by atoms with van der Waals surface area (Å²) in [5.74, 6) is -0.650. The van der Waals surface area contributed by atoms with Gasteiger partial charge in [-0.1, -0.05) is 135 Å². The number of carboxylic acid groups (broad SMARTS) is 1. The zero-order valence-corrected chi connectivity index (χ0v) is 19.4. The van der Waals surface area contributed by atoms with Crippen molar-refractivity contribution in [3.05, 3.63) is 0 Å². The van der Waals surface area contributed by atoms with Gasteiger partial charge in [0.1, 0.15) is 0 Å². The highest BCUT2D eigenvalue weighted by Gasteiger charge is 1.97. The molecule has 0 radical (unpaired) electrons. The Balaban J connectivity index is 0. The summed E-state index contributed by atoms with van der Waals surface area (Å²) in [5, 5.41) is 8.57. The molecule has 0 heterocycles. The SMILES string of the molecule is CCCCCCCCCCCCCCCCCCCCCCCC(=O)O.S. The fraction of sp³-hybridized carbons (Fsp3) is 0.958. The fourth-order valence-electron chi connectivity index (χ4n) is 3.71.